The van der Waals surface area contributed by atoms with Gasteiger partial charge in [0.15, 0.2) is 5.82 Å². The van der Waals surface area contributed by atoms with Crippen LogP contribution in [-0.4, -0.2) is 37.0 Å². The van der Waals surface area contributed by atoms with Crippen LogP contribution in [0.3, 0.4) is 0 Å². The summed E-state index contributed by atoms with van der Waals surface area (Å²) in [5, 5.41) is 8.87. The summed E-state index contributed by atoms with van der Waals surface area (Å²) in [7, 11) is 1.76. The predicted molar refractivity (Wildman–Crippen MR) is 80.9 cm³/mol. The normalized spacial score (nSPS) is 18.8. The quantitative estimate of drug-likeness (QED) is 0.855. The van der Waals surface area contributed by atoms with Crippen molar-refractivity contribution >= 4 is 5.82 Å². The smallest absolute Gasteiger partial charge is 0.156 e. The maximum atomic E-state index is 5.99. The summed E-state index contributed by atoms with van der Waals surface area (Å²) in [6, 6.07) is 0. The maximum Gasteiger partial charge on any atom is 0.156 e. The molecule has 1 aromatic rings. The standard InChI is InChI=1S/C15H26N4O/c1-4-12-13(8-16)15(18-17-14(12)5-2)19-7-6-11(9-19)10-20-3/h11H,4-10,16H2,1-3H3. The van der Waals surface area contributed by atoms with Crippen LogP contribution >= 0.6 is 0 Å². The number of methoxy groups -OCH3 is 1. The minimum Gasteiger partial charge on any atom is -0.384 e. The minimum atomic E-state index is 0.534. The number of aryl methyl sites for hydroxylation is 1. The first-order valence-corrected chi connectivity index (χ1v) is 7.56. The van der Waals surface area contributed by atoms with Crippen LogP contribution in [0.25, 0.3) is 0 Å². The molecule has 1 saturated heterocycles. The van der Waals surface area contributed by atoms with Gasteiger partial charge in [-0.25, -0.2) is 0 Å². The van der Waals surface area contributed by atoms with Crippen molar-refractivity contribution in [2.75, 3.05) is 31.7 Å². The van der Waals surface area contributed by atoms with Crippen molar-refractivity contribution in [2.45, 2.75) is 39.7 Å². The lowest BCUT2D eigenvalue weighted by atomic mass is 10.0. The number of aromatic nitrogens is 2. The Morgan fingerprint density at radius 3 is 2.65 bits per heavy atom. The van der Waals surface area contributed by atoms with Gasteiger partial charge in [-0.2, -0.15) is 5.10 Å². The summed E-state index contributed by atoms with van der Waals surface area (Å²) < 4.78 is 5.26. The van der Waals surface area contributed by atoms with Gasteiger partial charge in [0.2, 0.25) is 0 Å². The zero-order valence-electron chi connectivity index (χ0n) is 12.9. The third-order valence-corrected chi connectivity index (χ3v) is 4.13. The monoisotopic (exact) mass is 278 g/mol. The van der Waals surface area contributed by atoms with Gasteiger partial charge in [-0.1, -0.05) is 13.8 Å². The van der Waals surface area contributed by atoms with E-state index in [4.69, 9.17) is 10.5 Å². The van der Waals surface area contributed by atoms with Crippen molar-refractivity contribution in [1.82, 2.24) is 10.2 Å². The van der Waals surface area contributed by atoms with Crippen LogP contribution in [0.4, 0.5) is 5.82 Å². The van der Waals surface area contributed by atoms with E-state index in [2.05, 4.69) is 28.9 Å². The summed E-state index contributed by atoms with van der Waals surface area (Å²) in [4.78, 5) is 2.32. The number of anilines is 1. The fourth-order valence-electron chi connectivity index (χ4n) is 3.10. The zero-order chi connectivity index (χ0) is 14.5. The van der Waals surface area contributed by atoms with Crippen LogP contribution in [-0.2, 0) is 24.1 Å². The Morgan fingerprint density at radius 2 is 2.05 bits per heavy atom. The van der Waals surface area contributed by atoms with E-state index in [1.807, 2.05) is 0 Å². The summed E-state index contributed by atoms with van der Waals surface area (Å²) in [5.74, 6) is 1.57. The molecule has 1 aromatic heterocycles. The molecule has 112 valence electrons. The van der Waals surface area contributed by atoms with E-state index in [0.29, 0.717) is 12.5 Å². The summed E-state index contributed by atoms with van der Waals surface area (Å²) in [6.45, 7) is 7.64. The summed E-state index contributed by atoms with van der Waals surface area (Å²) in [6.07, 6.45) is 3.03. The molecular formula is C15H26N4O. The molecule has 0 saturated carbocycles. The fourth-order valence-corrected chi connectivity index (χ4v) is 3.10. The second-order valence-corrected chi connectivity index (χ2v) is 5.39. The molecule has 5 heteroatoms. The van der Waals surface area contributed by atoms with E-state index in [1.54, 1.807) is 7.11 Å². The van der Waals surface area contributed by atoms with E-state index < -0.39 is 0 Å². The number of hydrogen-bond donors (Lipinski definition) is 1. The Balaban J connectivity index is 2.28. The number of rotatable bonds is 6. The molecule has 5 nitrogen and oxygen atoms in total. The zero-order valence-corrected chi connectivity index (χ0v) is 12.9. The van der Waals surface area contributed by atoms with Gasteiger partial charge in [0.1, 0.15) is 0 Å². The van der Waals surface area contributed by atoms with Crippen molar-refractivity contribution in [1.29, 1.82) is 0 Å². The molecule has 0 spiro atoms. The molecule has 1 unspecified atom stereocenters. The first-order chi connectivity index (χ1) is 9.74. The van der Waals surface area contributed by atoms with Gasteiger partial charge in [0.25, 0.3) is 0 Å². The topological polar surface area (TPSA) is 64.3 Å². The van der Waals surface area contributed by atoms with Gasteiger partial charge in [-0.15, -0.1) is 5.10 Å². The maximum absolute atomic E-state index is 5.99. The highest BCUT2D eigenvalue weighted by Gasteiger charge is 2.26. The SMILES string of the molecule is CCc1nnc(N2CCC(COC)C2)c(CN)c1CC. The van der Waals surface area contributed by atoms with E-state index in [9.17, 15) is 0 Å². The molecule has 1 fully saturated rings. The molecule has 0 radical (unpaired) electrons. The lowest BCUT2D eigenvalue weighted by Crippen LogP contribution is -2.26. The van der Waals surface area contributed by atoms with Crippen molar-refractivity contribution < 1.29 is 4.74 Å². The van der Waals surface area contributed by atoms with Gasteiger partial charge in [0, 0.05) is 38.2 Å². The molecule has 1 atom stereocenters. The minimum absolute atomic E-state index is 0.534. The molecule has 1 aliphatic heterocycles. The van der Waals surface area contributed by atoms with E-state index in [1.165, 1.54) is 11.1 Å². The lowest BCUT2D eigenvalue weighted by Gasteiger charge is -2.22. The van der Waals surface area contributed by atoms with Crippen molar-refractivity contribution in [3.05, 3.63) is 16.8 Å². The molecule has 2 rings (SSSR count). The Hall–Kier alpha value is -1.20. The fraction of sp³-hybridized carbons (Fsp3) is 0.733. The van der Waals surface area contributed by atoms with Crippen LogP contribution in [0.2, 0.25) is 0 Å². The Bertz CT molecular complexity index is 450. The second kappa shape index (κ2) is 6.99. The van der Waals surface area contributed by atoms with Crippen molar-refractivity contribution in [2.24, 2.45) is 11.7 Å². The molecule has 2 N–H and O–H groups in total. The van der Waals surface area contributed by atoms with Crippen LogP contribution in [0.5, 0.6) is 0 Å². The van der Waals surface area contributed by atoms with E-state index in [0.717, 1.165) is 50.5 Å². The van der Waals surface area contributed by atoms with Crippen LogP contribution in [0.1, 0.15) is 37.1 Å². The van der Waals surface area contributed by atoms with E-state index >= 15 is 0 Å². The predicted octanol–water partition coefficient (Wildman–Crippen LogP) is 1.53. The van der Waals surface area contributed by atoms with Gasteiger partial charge >= 0.3 is 0 Å². The highest BCUT2D eigenvalue weighted by atomic mass is 16.5. The van der Waals surface area contributed by atoms with Crippen molar-refractivity contribution in [3.8, 4) is 0 Å². The molecule has 0 bridgehead atoms. The molecule has 0 amide bonds. The van der Waals surface area contributed by atoms with Crippen molar-refractivity contribution in [3.63, 3.8) is 0 Å². The molecule has 20 heavy (non-hydrogen) atoms. The number of nitrogens with zero attached hydrogens (tertiary/aromatic N) is 3. The van der Waals surface area contributed by atoms with Crippen LogP contribution in [0.15, 0.2) is 0 Å². The first kappa shape index (κ1) is 15.2. The summed E-state index contributed by atoms with van der Waals surface area (Å²) >= 11 is 0. The van der Waals surface area contributed by atoms with Gasteiger partial charge in [-0.3, -0.25) is 0 Å². The van der Waals surface area contributed by atoms with Gasteiger partial charge in [0.05, 0.1) is 12.3 Å². The third kappa shape index (κ3) is 2.94. The average Bonchev–Trinajstić information content (AvgIpc) is 2.94. The second-order valence-electron chi connectivity index (χ2n) is 5.39. The Kier molecular flexibility index (Phi) is 5.31. The van der Waals surface area contributed by atoms with Gasteiger partial charge in [-0.05, 0) is 24.8 Å². The largest absolute Gasteiger partial charge is 0.384 e. The lowest BCUT2D eigenvalue weighted by molar-refractivity contribution is 0.161. The Morgan fingerprint density at radius 1 is 1.25 bits per heavy atom. The van der Waals surface area contributed by atoms with Crippen LogP contribution < -0.4 is 10.6 Å². The third-order valence-electron chi connectivity index (χ3n) is 4.13. The first-order valence-electron chi connectivity index (χ1n) is 7.56. The van der Waals surface area contributed by atoms with E-state index in [-0.39, 0.29) is 0 Å². The molecular weight excluding hydrogens is 252 g/mol. The molecule has 1 aliphatic rings. The number of nitrogens with two attached hydrogens (primary N) is 1. The average molecular weight is 278 g/mol. The van der Waals surface area contributed by atoms with Gasteiger partial charge < -0.3 is 15.4 Å². The summed E-state index contributed by atoms with van der Waals surface area (Å²) in [5.41, 5.74) is 9.55. The Labute approximate surface area is 121 Å². The highest BCUT2D eigenvalue weighted by molar-refractivity contribution is 5.52. The highest BCUT2D eigenvalue weighted by Crippen LogP contribution is 2.28. The molecule has 0 aromatic carbocycles. The number of ether oxygens (including phenoxy) is 1. The van der Waals surface area contributed by atoms with Crippen LogP contribution in [0, 0.1) is 5.92 Å². The molecule has 2 heterocycles. The number of hydrogen-bond acceptors (Lipinski definition) is 5. The molecule has 0 aliphatic carbocycles.